The van der Waals surface area contributed by atoms with Crippen molar-refractivity contribution in [1.29, 1.82) is 0 Å². The van der Waals surface area contributed by atoms with Gasteiger partial charge in [0.1, 0.15) is 5.25 Å². The van der Waals surface area contributed by atoms with Gasteiger partial charge in [-0.3, -0.25) is 14.5 Å². The first-order valence-corrected chi connectivity index (χ1v) is 5.67. The normalized spacial score (nSPS) is 24.3. The van der Waals surface area contributed by atoms with Crippen LogP contribution in [0.5, 0.6) is 0 Å². The molecule has 2 amide bonds. The maximum Gasteiger partial charge on any atom is 0.243 e. The third-order valence-corrected chi connectivity index (χ3v) is 3.17. The average Bonchev–Trinajstić information content (AvgIpc) is 2.25. The Labute approximate surface area is 80.7 Å². The van der Waals surface area contributed by atoms with Crippen molar-refractivity contribution in [2.24, 2.45) is 0 Å². The highest BCUT2D eigenvalue weighted by atomic mass is 33.1. The van der Waals surface area contributed by atoms with Crippen LogP contribution in [0.3, 0.4) is 0 Å². The highest BCUT2D eigenvalue weighted by Gasteiger charge is 2.39. The van der Waals surface area contributed by atoms with E-state index in [1.807, 2.05) is 13.8 Å². The molecule has 68 valence electrons. The SMILES string of the molecule is CC(C)N1C(=O)CC(SS)C1=O. The van der Waals surface area contributed by atoms with Crippen LogP contribution in [0.1, 0.15) is 20.3 Å². The first-order valence-electron chi connectivity index (χ1n) is 3.74. The van der Waals surface area contributed by atoms with Crippen molar-refractivity contribution in [2.45, 2.75) is 31.6 Å². The topological polar surface area (TPSA) is 37.4 Å². The molecule has 0 N–H and O–H groups in total. The molecule has 0 spiro atoms. The van der Waals surface area contributed by atoms with Crippen LogP contribution in [0.25, 0.3) is 0 Å². The lowest BCUT2D eigenvalue weighted by atomic mass is 10.3. The van der Waals surface area contributed by atoms with Crippen LogP contribution in [0, 0.1) is 0 Å². The second kappa shape index (κ2) is 3.70. The van der Waals surface area contributed by atoms with Crippen LogP contribution in [0.15, 0.2) is 0 Å². The molecule has 1 fully saturated rings. The molecule has 0 bridgehead atoms. The summed E-state index contributed by atoms with van der Waals surface area (Å²) in [7, 11) is 1.15. The Morgan fingerprint density at radius 2 is 2.17 bits per heavy atom. The smallest absolute Gasteiger partial charge is 0.243 e. The number of carbonyl (C=O) groups excluding carboxylic acids is 2. The number of carbonyl (C=O) groups is 2. The number of rotatable bonds is 2. The molecular formula is C7H11NO2S2. The standard InChI is InChI=1S/C7H11NO2S2/c1-4(2)8-6(9)3-5(12-11)7(8)10/h4-5,11H,3H2,1-2H3. The second-order valence-electron chi connectivity index (χ2n) is 2.99. The molecule has 1 saturated heterocycles. The van der Waals surface area contributed by atoms with Crippen LogP contribution in [0.2, 0.25) is 0 Å². The fraction of sp³-hybridized carbons (Fsp3) is 0.714. The zero-order valence-electron chi connectivity index (χ0n) is 6.98. The molecule has 1 heterocycles. The maximum atomic E-state index is 11.4. The Kier molecular flexibility index (Phi) is 3.06. The van der Waals surface area contributed by atoms with Gasteiger partial charge in [0, 0.05) is 12.5 Å². The third kappa shape index (κ3) is 1.61. The monoisotopic (exact) mass is 205 g/mol. The lowest BCUT2D eigenvalue weighted by molar-refractivity contribution is -0.140. The Hall–Kier alpha value is -0.160. The quantitative estimate of drug-likeness (QED) is 0.417. The van der Waals surface area contributed by atoms with Gasteiger partial charge in [-0.2, -0.15) is 0 Å². The van der Waals surface area contributed by atoms with Crippen molar-refractivity contribution in [3.8, 4) is 0 Å². The Balaban J connectivity index is 2.77. The largest absolute Gasteiger partial charge is 0.279 e. The Morgan fingerprint density at radius 1 is 1.58 bits per heavy atom. The number of thiol groups is 1. The van der Waals surface area contributed by atoms with Crippen LogP contribution >= 0.6 is 22.5 Å². The van der Waals surface area contributed by atoms with E-state index in [2.05, 4.69) is 11.7 Å². The molecule has 5 heteroatoms. The van der Waals surface area contributed by atoms with Gasteiger partial charge in [-0.15, -0.1) is 11.7 Å². The van der Waals surface area contributed by atoms with Crippen molar-refractivity contribution in [3.05, 3.63) is 0 Å². The lowest BCUT2D eigenvalue weighted by Gasteiger charge is -2.18. The Morgan fingerprint density at radius 3 is 2.42 bits per heavy atom. The predicted octanol–water partition coefficient (Wildman–Crippen LogP) is 1.10. The summed E-state index contributed by atoms with van der Waals surface area (Å²) < 4.78 is 0. The fourth-order valence-corrected chi connectivity index (χ4v) is 2.16. The molecule has 3 nitrogen and oxygen atoms in total. The van der Waals surface area contributed by atoms with E-state index in [0.717, 1.165) is 10.8 Å². The second-order valence-corrected chi connectivity index (χ2v) is 4.41. The van der Waals surface area contributed by atoms with E-state index in [-0.39, 0.29) is 23.1 Å². The van der Waals surface area contributed by atoms with Crippen LogP contribution in [-0.4, -0.2) is 28.0 Å². The van der Waals surface area contributed by atoms with E-state index in [9.17, 15) is 9.59 Å². The molecule has 12 heavy (non-hydrogen) atoms. The molecule has 1 unspecified atom stereocenters. The minimum absolute atomic E-state index is 0.0320. The summed E-state index contributed by atoms with van der Waals surface area (Å²) in [6.07, 6.45) is 0.297. The first kappa shape index (κ1) is 9.92. The third-order valence-electron chi connectivity index (χ3n) is 1.79. The van der Waals surface area contributed by atoms with Crippen LogP contribution in [0.4, 0.5) is 0 Å². The molecular weight excluding hydrogens is 194 g/mol. The molecule has 1 aliphatic heterocycles. The summed E-state index contributed by atoms with van der Waals surface area (Å²) >= 11 is 3.94. The van der Waals surface area contributed by atoms with Gasteiger partial charge in [-0.05, 0) is 13.8 Å². The minimum Gasteiger partial charge on any atom is -0.279 e. The molecule has 0 saturated carbocycles. The van der Waals surface area contributed by atoms with E-state index in [1.54, 1.807) is 0 Å². The maximum absolute atomic E-state index is 11.4. The highest BCUT2D eigenvalue weighted by Crippen LogP contribution is 2.28. The lowest BCUT2D eigenvalue weighted by Crippen LogP contribution is -2.36. The molecule has 1 atom stereocenters. The van der Waals surface area contributed by atoms with E-state index in [1.165, 1.54) is 4.90 Å². The number of amides is 2. The summed E-state index contributed by atoms with van der Waals surface area (Å²) in [6, 6.07) is -0.0320. The van der Waals surface area contributed by atoms with E-state index in [4.69, 9.17) is 0 Å². The molecule has 0 aliphatic carbocycles. The van der Waals surface area contributed by atoms with Crippen molar-refractivity contribution in [3.63, 3.8) is 0 Å². The van der Waals surface area contributed by atoms with Crippen molar-refractivity contribution >= 4 is 34.3 Å². The fourth-order valence-electron chi connectivity index (χ4n) is 1.25. The van der Waals surface area contributed by atoms with Gasteiger partial charge in [-0.25, -0.2) is 0 Å². The van der Waals surface area contributed by atoms with Gasteiger partial charge in [0.05, 0.1) is 0 Å². The van der Waals surface area contributed by atoms with Crippen molar-refractivity contribution in [1.82, 2.24) is 4.90 Å². The van der Waals surface area contributed by atoms with Gasteiger partial charge in [0.15, 0.2) is 0 Å². The molecule has 0 aromatic carbocycles. The first-order chi connectivity index (χ1) is 5.57. The summed E-state index contributed by atoms with van der Waals surface area (Å²) in [5.41, 5.74) is 0. The van der Waals surface area contributed by atoms with Gasteiger partial charge >= 0.3 is 0 Å². The van der Waals surface area contributed by atoms with E-state index >= 15 is 0 Å². The number of nitrogens with zero attached hydrogens (tertiary/aromatic N) is 1. The summed E-state index contributed by atoms with van der Waals surface area (Å²) in [5, 5.41) is -0.275. The molecule has 1 rings (SSSR count). The number of likely N-dealkylation sites (tertiary alicyclic amines) is 1. The van der Waals surface area contributed by atoms with Gasteiger partial charge < -0.3 is 0 Å². The molecule has 0 radical (unpaired) electrons. The van der Waals surface area contributed by atoms with E-state index in [0.29, 0.717) is 6.42 Å². The number of imide groups is 1. The van der Waals surface area contributed by atoms with Crippen molar-refractivity contribution in [2.75, 3.05) is 0 Å². The van der Waals surface area contributed by atoms with Gasteiger partial charge in [0.2, 0.25) is 11.8 Å². The molecule has 0 aromatic heterocycles. The average molecular weight is 205 g/mol. The Bertz CT molecular complexity index is 217. The van der Waals surface area contributed by atoms with Gasteiger partial charge in [0.25, 0.3) is 0 Å². The van der Waals surface area contributed by atoms with Gasteiger partial charge in [-0.1, -0.05) is 10.8 Å². The zero-order chi connectivity index (χ0) is 9.30. The van der Waals surface area contributed by atoms with Crippen LogP contribution < -0.4 is 0 Å². The van der Waals surface area contributed by atoms with Crippen LogP contribution in [-0.2, 0) is 9.59 Å². The number of hydrogen-bond acceptors (Lipinski definition) is 4. The zero-order valence-corrected chi connectivity index (χ0v) is 8.69. The summed E-state index contributed by atoms with van der Waals surface area (Å²) in [4.78, 5) is 24.0. The molecule has 0 aromatic rings. The van der Waals surface area contributed by atoms with Crippen molar-refractivity contribution < 1.29 is 9.59 Å². The minimum atomic E-state index is -0.275. The predicted molar refractivity (Wildman–Crippen MR) is 52.0 cm³/mol. The summed E-state index contributed by atoms with van der Waals surface area (Å²) in [5.74, 6) is -0.184. The molecule has 1 aliphatic rings. The van der Waals surface area contributed by atoms with E-state index < -0.39 is 0 Å². The number of hydrogen-bond donors (Lipinski definition) is 1. The highest BCUT2D eigenvalue weighted by molar-refractivity contribution is 8.69. The summed E-state index contributed by atoms with van der Waals surface area (Å²) in [6.45, 7) is 3.67.